The number of hydrogen-bond donors (Lipinski definition) is 5. The molecule has 0 bridgehead atoms. The predicted octanol–water partition coefficient (Wildman–Crippen LogP) is 0.536. The summed E-state index contributed by atoms with van der Waals surface area (Å²) in [4.78, 5) is 43.8. The van der Waals surface area contributed by atoms with E-state index in [-0.39, 0.29) is 18.8 Å². The van der Waals surface area contributed by atoms with Gasteiger partial charge < -0.3 is 21.3 Å². The van der Waals surface area contributed by atoms with Gasteiger partial charge in [0.05, 0.1) is 12.1 Å². The molecule has 1 aromatic heterocycles. The van der Waals surface area contributed by atoms with E-state index in [1.54, 1.807) is 31.2 Å². The highest BCUT2D eigenvalue weighted by Gasteiger charge is 2.38. The molecular formula is C18H20F3N5O6. The lowest BCUT2D eigenvalue weighted by Crippen LogP contribution is -2.38. The fraction of sp³-hybridized carbons (Fsp3) is 0.278. The number of carboxylic acids is 2. The average Bonchev–Trinajstić information content (AvgIpc) is 3.01. The van der Waals surface area contributed by atoms with E-state index in [9.17, 15) is 27.6 Å². The summed E-state index contributed by atoms with van der Waals surface area (Å²) in [7, 11) is 0. The Morgan fingerprint density at radius 2 is 1.69 bits per heavy atom. The van der Waals surface area contributed by atoms with Crippen LogP contribution in [0.15, 0.2) is 41.5 Å². The highest BCUT2D eigenvalue weighted by atomic mass is 19.4. The van der Waals surface area contributed by atoms with Crippen LogP contribution in [0.1, 0.15) is 18.9 Å². The first kappa shape index (κ1) is 25.9. The lowest BCUT2D eigenvalue weighted by Gasteiger charge is -2.11. The number of aliphatic carboxylic acids is 2. The number of imidazole rings is 1. The number of aromatic nitrogens is 2. The summed E-state index contributed by atoms with van der Waals surface area (Å²) in [5.41, 5.74) is 6.11. The van der Waals surface area contributed by atoms with Crippen LogP contribution >= 0.6 is 0 Å². The fourth-order valence-corrected chi connectivity index (χ4v) is 2.32. The van der Waals surface area contributed by atoms with Crippen molar-refractivity contribution in [3.8, 4) is 5.69 Å². The third kappa shape index (κ3) is 7.97. The average molecular weight is 459 g/mol. The predicted molar refractivity (Wildman–Crippen MR) is 105 cm³/mol. The van der Waals surface area contributed by atoms with Crippen molar-refractivity contribution in [2.45, 2.75) is 32.1 Å². The van der Waals surface area contributed by atoms with Crippen molar-refractivity contribution in [3.63, 3.8) is 0 Å². The van der Waals surface area contributed by atoms with Gasteiger partial charge in [0.25, 0.3) is 0 Å². The van der Waals surface area contributed by atoms with E-state index < -0.39 is 35.8 Å². The van der Waals surface area contributed by atoms with E-state index in [4.69, 9.17) is 26.2 Å². The summed E-state index contributed by atoms with van der Waals surface area (Å²) in [6.07, 6.45) is -2.27. The SMILES string of the molecule is CC(CC(=O)O)NC(=O)Cn1ccn(-c2ccc(C(=N)N)cc2)c1=O.O=C(O)C(F)(F)F. The molecule has 1 unspecified atom stereocenters. The minimum absolute atomic E-state index is 0.0661. The third-order valence-corrected chi connectivity index (χ3v) is 3.75. The second kappa shape index (κ2) is 10.8. The van der Waals surface area contributed by atoms with Gasteiger partial charge in [0.15, 0.2) is 0 Å². The van der Waals surface area contributed by atoms with Crippen LogP contribution in [0.25, 0.3) is 5.69 Å². The minimum atomic E-state index is -5.08. The number of amidine groups is 1. The van der Waals surface area contributed by atoms with Gasteiger partial charge in [-0.1, -0.05) is 0 Å². The highest BCUT2D eigenvalue weighted by Crippen LogP contribution is 2.13. The maximum Gasteiger partial charge on any atom is 0.490 e. The zero-order valence-corrected chi connectivity index (χ0v) is 16.6. The molecule has 14 heteroatoms. The molecule has 0 fully saturated rings. The number of carbonyl (C=O) groups excluding carboxylic acids is 1. The molecule has 6 N–H and O–H groups in total. The molecule has 0 saturated carbocycles. The number of nitrogens with zero attached hydrogens (tertiary/aromatic N) is 2. The molecule has 174 valence electrons. The Hall–Kier alpha value is -4.10. The van der Waals surface area contributed by atoms with Crippen LogP contribution in [0, 0.1) is 5.41 Å². The van der Waals surface area contributed by atoms with Gasteiger partial charge in [-0.05, 0) is 31.2 Å². The molecule has 32 heavy (non-hydrogen) atoms. The normalized spacial score (nSPS) is 11.6. The number of nitrogens with one attached hydrogen (secondary N) is 2. The van der Waals surface area contributed by atoms with Crippen molar-refractivity contribution < 1.29 is 37.8 Å². The standard InChI is InChI=1S/C16H19N5O4.C2HF3O2/c1-10(8-14(23)24)19-13(22)9-20-6-7-21(16(20)25)12-4-2-11(3-5-12)15(17)18;3-2(4,5)1(6)7/h2-7,10H,8-9H2,1H3,(H3,17,18)(H,19,22)(H,23,24);(H,6,7). The molecule has 0 spiro atoms. The Morgan fingerprint density at radius 3 is 2.12 bits per heavy atom. The number of carboxylic acid groups (broad SMARTS) is 2. The summed E-state index contributed by atoms with van der Waals surface area (Å²) in [5, 5.41) is 25.7. The first-order chi connectivity index (χ1) is 14.7. The third-order valence-electron chi connectivity index (χ3n) is 3.75. The van der Waals surface area contributed by atoms with Crippen molar-refractivity contribution in [1.29, 1.82) is 5.41 Å². The molecular weight excluding hydrogens is 439 g/mol. The molecule has 1 atom stereocenters. The van der Waals surface area contributed by atoms with E-state index in [1.807, 2.05) is 0 Å². The molecule has 11 nitrogen and oxygen atoms in total. The summed E-state index contributed by atoms with van der Waals surface area (Å²) >= 11 is 0. The molecule has 0 radical (unpaired) electrons. The van der Waals surface area contributed by atoms with Crippen LogP contribution in [-0.2, 0) is 20.9 Å². The molecule has 0 aliphatic carbocycles. The van der Waals surface area contributed by atoms with Gasteiger partial charge in [-0.2, -0.15) is 13.2 Å². The topological polar surface area (TPSA) is 180 Å². The molecule has 1 heterocycles. The van der Waals surface area contributed by atoms with Gasteiger partial charge in [0.2, 0.25) is 5.91 Å². The second-order valence-electron chi connectivity index (χ2n) is 6.41. The summed E-state index contributed by atoms with van der Waals surface area (Å²) in [6.45, 7) is 1.37. The summed E-state index contributed by atoms with van der Waals surface area (Å²) < 4.78 is 34.3. The Kier molecular flexibility index (Phi) is 8.74. The number of benzene rings is 1. The Labute approximate surface area is 178 Å². The van der Waals surface area contributed by atoms with Crippen molar-refractivity contribution in [2.75, 3.05) is 0 Å². The Bertz CT molecular complexity index is 1040. The van der Waals surface area contributed by atoms with Gasteiger partial charge in [-0.3, -0.25) is 24.1 Å². The lowest BCUT2D eigenvalue weighted by molar-refractivity contribution is -0.192. The van der Waals surface area contributed by atoms with E-state index in [1.165, 1.54) is 21.5 Å². The Balaban J connectivity index is 0.000000633. The van der Waals surface area contributed by atoms with Crippen LogP contribution in [0.2, 0.25) is 0 Å². The first-order valence-corrected chi connectivity index (χ1v) is 8.76. The maximum atomic E-state index is 12.4. The highest BCUT2D eigenvalue weighted by molar-refractivity contribution is 5.95. The number of nitrogen functional groups attached to an aromatic ring is 1. The number of halogens is 3. The van der Waals surface area contributed by atoms with Gasteiger partial charge in [0.1, 0.15) is 12.4 Å². The van der Waals surface area contributed by atoms with Crippen molar-refractivity contribution >= 4 is 23.7 Å². The van der Waals surface area contributed by atoms with E-state index >= 15 is 0 Å². The van der Waals surface area contributed by atoms with Crippen molar-refractivity contribution in [1.82, 2.24) is 14.5 Å². The summed E-state index contributed by atoms with van der Waals surface area (Å²) in [5.74, 6) is -4.28. The van der Waals surface area contributed by atoms with E-state index in [2.05, 4.69) is 5.32 Å². The molecule has 1 amide bonds. The second-order valence-corrected chi connectivity index (χ2v) is 6.41. The number of amides is 1. The monoisotopic (exact) mass is 459 g/mol. The van der Waals surface area contributed by atoms with Crippen LogP contribution in [-0.4, -0.2) is 55.2 Å². The minimum Gasteiger partial charge on any atom is -0.481 e. The van der Waals surface area contributed by atoms with Crippen LogP contribution in [0.3, 0.4) is 0 Å². The largest absolute Gasteiger partial charge is 0.490 e. The number of nitrogens with two attached hydrogens (primary N) is 1. The number of hydrogen-bond acceptors (Lipinski definition) is 5. The molecule has 0 saturated heterocycles. The molecule has 1 aromatic carbocycles. The smallest absolute Gasteiger partial charge is 0.481 e. The molecule has 0 aliphatic rings. The lowest BCUT2D eigenvalue weighted by atomic mass is 10.2. The van der Waals surface area contributed by atoms with Gasteiger partial charge in [-0.25, -0.2) is 9.59 Å². The van der Waals surface area contributed by atoms with Gasteiger partial charge >= 0.3 is 23.8 Å². The van der Waals surface area contributed by atoms with Gasteiger partial charge in [-0.15, -0.1) is 0 Å². The Morgan fingerprint density at radius 1 is 1.16 bits per heavy atom. The van der Waals surface area contributed by atoms with Crippen molar-refractivity contribution in [2.24, 2.45) is 5.73 Å². The first-order valence-electron chi connectivity index (χ1n) is 8.76. The molecule has 2 aromatic rings. The quantitative estimate of drug-likeness (QED) is 0.296. The van der Waals surface area contributed by atoms with E-state index in [0.29, 0.717) is 11.3 Å². The van der Waals surface area contributed by atoms with Crippen LogP contribution in [0.5, 0.6) is 0 Å². The van der Waals surface area contributed by atoms with Crippen LogP contribution < -0.4 is 16.7 Å². The van der Waals surface area contributed by atoms with Crippen LogP contribution in [0.4, 0.5) is 13.2 Å². The number of rotatable bonds is 7. The van der Waals surface area contributed by atoms with Crippen molar-refractivity contribution in [3.05, 3.63) is 52.7 Å². The fourth-order valence-electron chi connectivity index (χ4n) is 2.32. The zero-order chi connectivity index (χ0) is 24.6. The zero-order valence-electron chi connectivity index (χ0n) is 16.6. The maximum absolute atomic E-state index is 12.4. The number of carbonyl (C=O) groups is 3. The number of alkyl halides is 3. The summed E-state index contributed by atoms with van der Waals surface area (Å²) in [6, 6.07) is 6.03. The molecule has 2 rings (SSSR count). The van der Waals surface area contributed by atoms with Gasteiger partial charge in [0, 0.05) is 24.0 Å². The molecule has 0 aliphatic heterocycles. The van der Waals surface area contributed by atoms with E-state index in [0.717, 1.165) is 0 Å².